The van der Waals surface area contributed by atoms with E-state index in [-0.39, 0.29) is 0 Å². The minimum Gasteiger partial charge on any atom is -0.370 e. The van der Waals surface area contributed by atoms with Crippen LogP contribution in [-0.2, 0) is 6.18 Å². The molecule has 1 aliphatic rings. The van der Waals surface area contributed by atoms with Crippen molar-refractivity contribution >= 4 is 5.69 Å². The van der Waals surface area contributed by atoms with Gasteiger partial charge in [0.05, 0.1) is 5.56 Å². The number of hydrogen-bond donors (Lipinski definition) is 1. The maximum Gasteiger partial charge on any atom is 0.416 e. The molecule has 0 spiro atoms. The van der Waals surface area contributed by atoms with Crippen LogP contribution in [0.15, 0.2) is 24.3 Å². The van der Waals surface area contributed by atoms with Gasteiger partial charge in [-0.05, 0) is 43.7 Å². The van der Waals surface area contributed by atoms with E-state index in [0.29, 0.717) is 6.04 Å². The molecule has 0 bridgehead atoms. The summed E-state index contributed by atoms with van der Waals surface area (Å²) in [4.78, 5) is 2.13. The first kappa shape index (κ1) is 14.2. The van der Waals surface area contributed by atoms with Gasteiger partial charge in [0.25, 0.3) is 0 Å². The average Bonchev–Trinajstić information content (AvgIpc) is 2.84. The Morgan fingerprint density at radius 2 is 1.95 bits per heavy atom. The molecule has 0 saturated carbocycles. The molecule has 0 amide bonds. The van der Waals surface area contributed by atoms with Gasteiger partial charge in [0.2, 0.25) is 0 Å². The van der Waals surface area contributed by atoms with E-state index in [2.05, 4.69) is 17.1 Å². The number of rotatable bonds is 4. The van der Waals surface area contributed by atoms with Gasteiger partial charge in [0.1, 0.15) is 0 Å². The largest absolute Gasteiger partial charge is 0.416 e. The van der Waals surface area contributed by atoms with Gasteiger partial charge in [-0.15, -0.1) is 0 Å². The summed E-state index contributed by atoms with van der Waals surface area (Å²) < 4.78 is 37.4. The van der Waals surface area contributed by atoms with Crippen LogP contribution >= 0.6 is 0 Å². The topological polar surface area (TPSA) is 15.3 Å². The van der Waals surface area contributed by atoms with Crippen LogP contribution in [0.2, 0.25) is 0 Å². The van der Waals surface area contributed by atoms with Gasteiger partial charge in [-0.1, -0.05) is 6.92 Å². The van der Waals surface area contributed by atoms with Gasteiger partial charge in [-0.2, -0.15) is 13.2 Å². The Labute approximate surface area is 111 Å². The van der Waals surface area contributed by atoms with E-state index in [1.807, 2.05) is 0 Å². The molecule has 1 aromatic carbocycles. The molecule has 1 saturated heterocycles. The van der Waals surface area contributed by atoms with Crippen LogP contribution in [-0.4, -0.2) is 25.7 Å². The summed E-state index contributed by atoms with van der Waals surface area (Å²) in [7, 11) is 0. The summed E-state index contributed by atoms with van der Waals surface area (Å²) in [6, 6.07) is 5.88. The molecule has 1 atom stereocenters. The van der Waals surface area contributed by atoms with E-state index in [0.717, 1.165) is 50.3 Å². The molecule has 1 fully saturated rings. The molecule has 106 valence electrons. The predicted octanol–water partition coefficient (Wildman–Crippen LogP) is 3.28. The number of benzene rings is 1. The first-order chi connectivity index (χ1) is 9.00. The minimum atomic E-state index is -4.26. The van der Waals surface area contributed by atoms with Gasteiger partial charge in [-0.25, -0.2) is 0 Å². The molecular weight excluding hydrogens is 253 g/mol. The quantitative estimate of drug-likeness (QED) is 0.905. The number of nitrogens with zero attached hydrogens (tertiary/aromatic N) is 1. The van der Waals surface area contributed by atoms with Crippen molar-refractivity contribution in [3.8, 4) is 0 Å². The zero-order chi connectivity index (χ0) is 13.9. The minimum absolute atomic E-state index is 0.447. The zero-order valence-corrected chi connectivity index (χ0v) is 11.0. The monoisotopic (exact) mass is 272 g/mol. The summed E-state index contributed by atoms with van der Waals surface area (Å²) in [5.41, 5.74) is 0.282. The molecule has 2 rings (SSSR count). The lowest BCUT2D eigenvalue weighted by Crippen LogP contribution is -2.32. The van der Waals surface area contributed by atoms with Crippen molar-refractivity contribution in [2.24, 2.45) is 0 Å². The van der Waals surface area contributed by atoms with Crippen molar-refractivity contribution in [1.29, 1.82) is 0 Å². The SMILES string of the molecule is CCCNC1CCN(c2ccc(C(F)(F)F)cc2)C1. The van der Waals surface area contributed by atoms with Crippen molar-refractivity contribution in [2.45, 2.75) is 32.0 Å². The van der Waals surface area contributed by atoms with E-state index >= 15 is 0 Å². The summed E-state index contributed by atoms with van der Waals surface area (Å²) in [6.07, 6.45) is -2.12. The second-order valence-corrected chi connectivity index (χ2v) is 4.93. The molecule has 1 aromatic rings. The van der Waals surface area contributed by atoms with Crippen molar-refractivity contribution in [1.82, 2.24) is 5.32 Å². The van der Waals surface area contributed by atoms with Gasteiger partial charge < -0.3 is 10.2 Å². The maximum atomic E-state index is 12.5. The molecule has 1 N–H and O–H groups in total. The standard InChI is InChI=1S/C14H19F3N2/c1-2-8-18-12-7-9-19(10-12)13-5-3-11(4-6-13)14(15,16)17/h3-6,12,18H,2,7-10H2,1H3. The molecule has 1 heterocycles. The Hall–Kier alpha value is -1.23. The van der Waals surface area contributed by atoms with Gasteiger partial charge in [0.15, 0.2) is 0 Å². The normalized spacial score (nSPS) is 20.0. The Balaban J connectivity index is 1.96. The zero-order valence-electron chi connectivity index (χ0n) is 11.0. The maximum absolute atomic E-state index is 12.5. The lowest BCUT2D eigenvalue weighted by molar-refractivity contribution is -0.137. The van der Waals surface area contributed by atoms with Crippen molar-refractivity contribution in [2.75, 3.05) is 24.5 Å². The number of nitrogens with one attached hydrogen (secondary N) is 1. The number of halogens is 3. The molecule has 0 radical (unpaired) electrons. The average molecular weight is 272 g/mol. The predicted molar refractivity (Wildman–Crippen MR) is 70.4 cm³/mol. The summed E-state index contributed by atoms with van der Waals surface area (Å²) in [6.45, 7) is 4.87. The van der Waals surface area contributed by atoms with Crippen LogP contribution in [0.1, 0.15) is 25.3 Å². The van der Waals surface area contributed by atoms with Gasteiger partial charge >= 0.3 is 6.18 Å². The van der Waals surface area contributed by atoms with Crippen molar-refractivity contribution in [3.63, 3.8) is 0 Å². The van der Waals surface area contributed by atoms with E-state index in [9.17, 15) is 13.2 Å². The first-order valence-electron chi connectivity index (χ1n) is 6.66. The third-order valence-corrected chi connectivity index (χ3v) is 3.43. The van der Waals surface area contributed by atoms with Crippen molar-refractivity contribution < 1.29 is 13.2 Å². The second-order valence-electron chi connectivity index (χ2n) is 4.93. The van der Waals surface area contributed by atoms with Crippen LogP contribution in [0.25, 0.3) is 0 Å². The summed E-state index contributed by atoms with van der Waals surface area (Å²) in [5.74, 6) is 0. The van der Waals surface area contributed by atoms with Crippen LogP contribution in [0.3, 0.4) is 0 Å². The highest BCUT2D eigenvalue weighted by molar-refractivity contribution is 5.49. The van der Waals surface area contributed by atoms with E-state index in [4.69, 9.17) is 0 Å². The lowest BCUT2D eigenvalue weighted by Gasteiger charge is -2.19. The molecule has 19 heavy (non-hydrogen) atoms. The van der Waals surface area contributed by atoms with Crippen LogP contribution in [0.4, 0.5) is 18.9 Å². The number of anilines is 1. The summed E-state index contributed by atoms with van der Waals surface area (Å²) in [5, 5.41) is 3.44. The van der Waals surface area contributed by atoms with Crippen LogP contribution < -0.4 is 10.2 Å². The van der Waals surface area contributed by atoms with Gasteiger partial charge in [0, 0.05) is 24.8 Å². The van der Waals surface area contributed by atoms with E-state index < -0.39 is 11.7 Å². The molecule has 5 heteroatoms. The molecule has 0 aromatic heterocycles. The molecular formula is C14H19F3N2. The summed E-state index contributed by atoms with van der Waals surface area (Å²) >= 11 is 0. The van der Waals surface area contributed by atoms with Gasteiger partial charge in [-0.3, -0.25) is 0 Å². The molecule has 1 unspecified atom stereocenters. The highest BCUT2D eigenvalue weighted by atomic mass is 19.4. The highest BCUT2D eigenvalue weighted by Gasteiger charge is 2.30. The second kappa shape index (κ2) is 5.82. The van der Waals surface area contributed by atoms with Crippen molar-refractivity contribution in [3.05, 3.63) is 29.8 Å². The molecule has 2 nitrogen and oxygen atoms in total. The number of hydrogen-bond acceptors (Lipinski definition) is 2. The number of alkyl halides is 3. The Bertz CT molecular complexity index is 400. The Morgan fingerprint density at radius 1 is 1.26 bits per heavy atom. The molecule has 1 aliphatic heterocycles. The Morgan fingerprint density at radius 3 is 2.53 bits per heavy atom. The third kappa shape index (κ3) is 3.62. The Kier molecular flexibility index (Phi) is 4.34. The first-order valence-corrected chi connectivity index (χ1v) is 6.66. The fourth-order valence-corrected chi connectivity index (χ4v) is 2.37. The van der Waals surface area contributed by atoms with Crippen LogP contribution in [0, 0.1) is 0 Å². The fourth-order valence-electron chi connectivity index (χ4n) is 2.37. The smallest absolute Gasteiger partial charge is 0.370 e. The third-order valence-electron chi connectivity index (χ3n) is 3.43. The van der Waals surface area contributed by atoms with E-state index in [1.165, 1.54) is 0 Å². The van der Waals surface area contributed by atoms with Crippen LogP contribution in [0.5, 0.6) is 0 Å². The fraction of sp³-hybridized carbons (Fsp3) is 0.571. The lowest BCUT2D eigenvalue weighted by atomic mass is 10.2. The van der Waals surface area contributed by atoms with E-state index in [1.54, 1.807) is 12.1 Å². The highest BCUT2D eigenvalue weighted by Crippen LogP contribution is 2.31. The molecule has 0 aliphatic carbocycles.